The zero-order valence-corrected chi connectivity index (χ0v) is 13.7. The Hall–Kier alpha value is -3.02. The molecule has 0 saturated heterocycles. The van der Waals surface area contributed by atoms with E-state index in [0.29, 0.717) is 18.0 Å². The number of aryl methyl sites for hydroxylation is 1. The van der Waals surface area contributed by atoms with E-state index in [1.165, 1.54) is 0 Å². The molecule has 3 N–H and O–H groups in total. The minimum Gasteiger partial charge on any atom is -0.496 e. The molecule has 6 heteroatoms. The molecule has 2 rings (SSSR count). The molecule has 0 aliphatic carbocycles. The Morgan fingerprint density at radius 3 is 2.71 bits per heavy atom. The van der Waals surface area contributed by atoms with Gasteiger partial charge in [0.05, 0.1) is 13.5 Å². The van der Waals surface area contributed by atoms with Crippen LogP contribution in [0.25, 0.3) is 0 Å². The smallest absolute Gasteiger partial charge is 0.394 e. The molecule has 0 aliphatic heterocycles. The monoisotopic (exact) mass is 329 g/mol. The number of amidine groups is 1. The summed E-state index contributed by atoms with van der Waals surface area (Å²) in [6, 6.07) is 14.9. The minimum absolute atomic E-state index is 0.210. The van der Waals surface area contributed by atoms with Crippen LogP contribution in [0.3, 0.4) is 0 Å². The number of nitrogens with one attached hydrogen (secondary N) is 1. The van der Waals surface area contributed by atoms with E-state index >= 15 is 0 Å². The van der Waals surface area contributed by atoms with E-state index in [4.69, 9.17) is 20.0 Å². The first-order valence-corrected chi connectivity index (χ1v) is 7.47. The van der Waals surface area contributed by atoms with Crippen molar-refractivity contribution < 1.29 is 24.3 Å². The Morgan fingerprint density at radius 2 is 1.96 bits per heavy atom. The fourth-order valence-corrected chi connectivity index (χ4v) is 2.09. The molecule has 2 aromatic rings. The van der Waals surface area contributed by atoms with Crippen LogP contribution in [0.2, 0.25) is 0 Å². The summed E-state index contributed by atoms with van der Waals surface area (Å²) >= 11 is 0. The van der Waals surface area contributed by atoms with Gasteiger partial charge < -0.3 is 9.47 Å². The summed E-state index contributed by atoms with van der Waals surface area (Å²) in [7, 11) is 1.59. The lowest BCUT2D eigenvalue weighted by molar-refractivity contribution is -0.725. The number of carbonyl (C=O) groups is 1. The lowest BCUT2D eigenvalue weighted by Crippen LogP contribution is -2.76. The van der Waals surface area contributed by atoms with Crippen LogP contribution in [0.5, 0.6) is 11.5 Å². The minimum atomic E-state index is -0.570. The van der Waals surface area contributed by atoms with Gasteiger partial charge in [0.15, 0.2) is 6.61 Å². The molecular formula is C18H21N2O4+. The van der Waals surface area contributed by atoms with E-state index in [1.54, 1.807) is 13.2 Å². The van der Waals surface area contributed by atoms with Gasteiger partial charge in [0.25, 0.3) is 5.84 Å². The number of para-hydroxylation sites is 1. The van der Waals surface area contributed by atoms with Gasteiger partial charge in [-0.1, -0.05) is 35.5 Å². The van der Waals surface area contributed by atoms with Crippen LogP contribution < -0.4 is 20.4 Å². The van der Waals surface area contributed by atoms with E-state index in [-0.39, 0.29) is 6.61 Å². The van der Waals surface area contributed by atoms with Crippen molar-refractivity contribution in [1.82, 2.24) is 0 Å². The highest BCUT2D eigenvalue weighted by Gasteiger charge is 2.10. The highest BCUT2D eigenvalue weighted by Crippen LogP contribution is 2.17. The average molecular weight is 329 g/mol. The summed E-state index contributed by atoms with van der Waals surface area (Å²) in [6.07, 6.45) is 0.371. The van der Waals surface area contributed by atoms with Gasteiger partial charge >= 0.3 is 5.97 Å². The molecular weight excluding hydrogens is 308 g/mol. The van der Waals surface area contributed by atoms with Gasteiger partial charge in [-0.2, -0.15) is 0 Å². The molecule has 0 spiro atoms. The van der Waals surface area contributed by atoms with Gasteiger partial charge in [0, 0.05) is 5.56 Å². The van der Waals surface area contributed by atoms with Gasteiger partial charge in [0.2, 0.25) is 0 Å². The Labute approximate surface area is 140 Å². The normalized spacial score (nSPS) is 11.0. The quantitative estimate of drug-likeness (QED) is 0.335. The molecule has 0 atom stereocenters. The van der Waals surface area contributed by atoms with Gasteiger partial charge in [-0.3, -0.25) is 10.6 Å². The summed E-state index contributed by atoms with van der Waals surface area (Å²) in [4.78, 5) is 16.6. The van der Waals surface area contributed by atoms with Crippen molar-refractivity contribution in [1.29, 1.82) is 0 Å². The van der Waals surface area contributed by atoms with Crippen LogP contribution in [0, 0.1) is 6.92 Å². The zero-order valence-electron chi connectivity index (χ0n) is 13.7. The molecule has 0 aromatic heterocycles. The number of benzene rings is 2. The number of carbonyl (C=O) groups excluding carboxylic acids is 1. The zero-order chi connectivity index (χ0) is 17.4. The van der Waals surface area contributed by atoms with E-state index in [1.807, 2.05) is 49.4 Å². The highest BCUT2D eigenvalue weighted by atomic mass is 16.7. The Morgan fingerprint density at radius 1 is 1.17 bits per heavy atom. The lowest BCUT2D eigenvalue weighted by Gasteiger charge is -2.06. The standard InChI is InChI=1S/C18H20N2O4/c1-13-6-5-8-15(10-13)23-12-18(21)24-20-17(19)11-14-7-3-4-9-16(14)22-2/h3-10H,11-12H2,1-2H3,(H2,19,20)/p+1. The predicted octanol–water partition coefficient (Wildman–Crippen LogP) is 0.521. The number of hydrogen-bond acceptors (Lipinski definition) is 4. The third kappa shape index (κ3) is 5.31. The maximum absolute atomic E-state index is 11.7. The van der Waals surface area contributed by atoms with Crippen molar-refractivity contribution in [2.24, 2.45) is 5.73 Å². The maximum atomic E-state index is 11.7. The second-order valence-electron chi connectivity index (χ2n) is 5.20. The van der Waals surface area contributed by atoms with Crippen LogP contribution in [-0.4, -0.2) is 25.5 Å². The van der Waals surface area contributed by atoms with Crippen molar-refractivity contribution in [3.63, 3.8) is 0 Å². The Balaban J connectivity index is 1.84. The van der Waals surface area contributed by atoms with Crippen molar-refractivity contribution >= 4 is 11.8 Å². The highest BCUT2D eigenvalue weighted by molar-refractivity contribution is 5.78. The summed E-state index contributed by atoms with van der Waals surface area (Å²) in [5, 5.41) is 2.44. The first-order chi connectivity index (χ1) is 11.6. The Bertz CT molecular complexity index is 728. The molecule has 6 nitrogen and oxygen atoms in total. The number of rotatable bonds is 7. The summed E-state index contributed by atoms with van der Waals surface area (Å²) in [5.41, 5.74) is 7.77. The largest absolute Gasteiger partial charge is 0.496 e. The number of nitrogens with two attached hydrogens (primary N) is 1. The van der Waals surface area contributed by atoms with Gasteiger partial charge in [-0.15, -0.1) is 0 Å². The Kier molecular flexibility index (Phi) is 6.19. The fraction of sp³-hybridized carbons (Fsp3) is 0.222. The number of hydrogen-bond donors (Lipinski definition) is 2. The van der Waals surface area contributed by atoms with Crippen LogP contribution in [0.15, 0.2) is 48.5 Å². The van der Waals surface area contributed by atoms with Crippen molar-refractivity contribution in [3.05, 3.63) is 59.7 Å². The fourth-order valence-electron chi connectivity index (χ4n) is 2.09. The van der Waals surface area contributed by atoms with E-state index in [9.17, 15) is 4.79 Å². The van der Waals surface area contributed by atoms with Crippen LogP contribution in [-0.2, 0) is 16.1 Å². The number of methoxy groups -OCH3 is 1. The molecule has 0 aliphatic rings. The lowest BCUT2D eigenvalue weighted by atomic mass is 10.1. The van der Waals surface area contributed by atoms with E-state index in [0.717, 1.165) is 16.9 Å². The van der Waals surface area contributed by atoms with Crippen molar-refractivity contribution in [2.45, 2.75) is 13.3 Å². The molecule has 0 fully saturated rings. The molecule has 0 radical (unpaired) electrons. The topological polar surface area (TPSA) is 84.8 Å². The van der Waals surface area contributed by atoms with Gasteiger partial charge in [-0.05, 0) is 30.7 Å². The SMILES string of the molecule is COc1ccccc1CC(N)=[NH+]OC(=O)COc1cccc(C)c1. The maximum Gasteiger partial charge on any atom is 0.394 e. The van der Waals surface area contributed by atoms with Gasteiger partial charge in [-0.25, -0.2) is 4.79 Å². The third-order valence-corrected chi connectivity index (χ3v) is 3.22. The summed E-state index contributed by atoms with van der Waals surface area (Å²) in [6.45, 7) is 1.73. The molecule has 126 valence electrons. The first kappa shape index (κ1) is 17.3. The summed E-state index contributed by atoms with van der Waals surface area (Å²) < 4.78 is 10.6. The van der Waals surface area contributed by atoms with Gasteiger partial charge in [0.1, 0.15) is 11.5 Å². The van der Waals surface area contributed by atoms with Crippen molar-refractivity contribution in [3.8, 4) is 11.5 Å². The molecule has 0 heterocycles. The number of ether oxygens (including phenoxy) is 2. The molecule has 0 bridgehead atoms. The van der Waals surface area contributed by atoms with Crippen LogP contribution in [0.4, 0.5) is 0 Å². The average Bonchev–Trinajstić information content (AvgIpc) is 2.58. The van der Waals surface area contributed by atoms with Crippen molar-refractivity contribution in [2.75, 3.05) is 13.7 Å². The molecule has 0 unspecified atom stereocenters. The predicted molar refractivity (Wildman–Crippen MR) is 89.6 cm³/mol. The molecule has 0 amide bonds. The summed E-state index contributed by atoms with van der Waals surface area (Å²) in [5.74, 6) is 1.05. The molecule has 0 saturated carbocycles. The second-order valence-corrected chi connectivity index (χ2v) is 5.20. The second kappa shape index (κ2) is 8.57. The molecule has 2 aromatic carbocycles. The van der Waals surface area contributed by atoms with E-state index in [2.05, 4.69) is 5.16 Å². The third-order valence-electron chi connectivity index (χ3n) is 3.22. The first-order valence-electron chi connectivity index (χ1n) is 7.47. The van der Waals surface area contributed by atoms with E-state index < -0.39 is 5.97 Å². The van der Waals surface area contributed by atoms with Crippen LogP contribution in [0.1, 0.15) is 11.1 Å². The molecule has 24 heavy (non-hydrogen) atoms. The van der Waals surface area contributed by atoms with Crippen LogP contribution >= 0.6 is 0 Å².